The van der Waals surface area contributed by atoms with E-state index in [0.29, 0.717) is 31.6 Å². The molecule has 1 aromatic rings. The first-order valence-electron chi connectivity index (χ1n) is 10.1. The van der Waals surface area contributed by atoms with Crippen molar-refractivity contribution in [2.45, 2.75) is 25.8 Å². The van der Waals surface area contributed by atoms with Crippen LogP contribution in [0.4, 0.5) is 0 Å². The van der Waals surface area contributed by atoms with Crippen LogP contribution in [0.5, 0.6) is 5.75 Å². The third kappa shape index (κ3) is 8.74. The molecule has 9 nitrogen and oxygen atoms in total. The van der Waals surface area contributed by atoms with Gasteiger partial charge in [0.15, 0.2) is 5.96 Å². The summed E-state index contributed by atoms with van der Waals surface area (Å²) in [6, 6.07) is 6.74. The van der Waals surface area contributed by atoms with Crippen molar-refractivity contribution in [3.05, 3.63) is 29.8 Å². The number of rotatable bonds is 8. The fourth-order valence-corrected chi connectivity index (χ4v) is 3.13. The largest absolute Gasteiger partial charge is 0.507 e. The lowest BCUT2D eigenvalue weighted by Crippen LogP contribution is -2.50. The molecule has 0 aromatic heterocycles. The number of likely N-dealkylation sites (N-methyl/N-ethyl adjacent to an activating group) is 1. The number of halogens is 1. The predicted octanol–water partition coefficient (Wildman–Crippen LogP) is 0.506. The van der Waals surface area contributed by atoms with Crippen LogP contribution < -0.4 is 21.3 Å². The lowest BCUT2D eigenvalue weighted by molar-refractivity contribution is -0.122. The number of carbonyl (C=O) groups is 2. The fraction of sp³-hybridized carbons (Fsp3) is 0.550. The summed E-state index contributed by atoms with van der Waals surface area (Å²) in [7, 11) is 1.65. The number of aliphatic imine (C=N–C) groups is 1. The number of guanidine groups is 1. The van der Waals surface area contributed by atoms with Gasteiger partial charge < -0.3 is 26.4 Å². The maximum atomic E-state index is 12.1. The van der Waals surface area contributed by atoms with Gasteiger partial charge in [0.1, 0.15) is 5.75 Å². The van der Waals surface area contributed by atoms with E-state index in [2.05, 4.69) is 31.2 Å². The number of phenolic OH excluding ortho intramolecular Hbond substituents is 1. The topological polar surface area (TPSA) is 118 Å². The molecule has 1 fully saturated rings. The first-order valence-corrected chi connectivity index (χ1v) is 10.1. The van der Waals surface area contributed by atoms with Gasteiger partial charge in [-0.05, 0) is 31.9 Å². The van der Waals surface area contributed by atoms with Gasteiger partial charge in [-0.15, -0.1) is 24.0 Å². The van der Waals surface area contributed by atoms with Gasteiger partial charge in [-0.2, -0.15) is 0 Å². The Morgan fingerprint density at radius 1 is 1.20 bits per heavy atom. The molecule has 5 N–H and O–H groups in total. The molecule has 0 aliphatic carbocycles. The van der Waals surface area contributed by atoms with Crippen LogP contribution in [-0.2, 0) is 4.79 Å². The summed E-state index contributed by atoms with van der Waals surface area (Å²) in [5, 5.41) is 21.8. The molecule has 0 bridgehead atoms. The predicted molar refractivity (Wildman–Crippen MR) is 128 cm³/mol. The van der Waals surface area contributed by atoms with Crippen molar-refractivity contribution < 1.29 is 14.7 Å². The zero-order valence-corrected chi connectivity index (χ0v) is 19.9. The number of nitrogens with one attached hydrogen (secondary N) is 4. The number of piperidine rings is 1. The standard InChI is InChI=1S/C20H32N6O3.HI/c1-3-22-20(25-15-8-12-26(13-9-15)14-18(28)21-2)24-11-10-23-19(29)16-6-4-5-7-17(16)27;/h4-7,15,27H,3,8-14H2,1-2H3,(H,21,28)(H,23,29)(H2,22,24,25);1H. The second-order valence-electron chi connectivity index (χ2n) is 6.90. The highest BCUT2D eigenvalue weighted by Crippen LogP contribution is 2.14. The fourth-order valence-electron chi connectivity index (χ4n) is 3.13. The van der Waals surface area contributed by atoms with Crippen LogP contribution in [-0.4, -0.2) is 80.1 Å². The van der Waals surface area contributed by atoms with Gasteiger partial charge in [-0.1, -0.05) is 12.1 Å². The van der Waals surface area contributed by atoms with Crippen LogP contribution in [0.1, 0.15) is 30.1 Å². The summed E-state index contributed by atoms with van der Waals surface area (Å²) >= 11 is 0. The van der Waals surface area contributed by atoms with E-state index in [0.717, 1.165) is 32.5 Å². The zero-order valence-electron chi connectivity index (χ0n) is 17.6. The minimum absolute atomic E-state index is 0. The van der Waals surface area contributed by atoms with Gasteiger partial charge in [0.05, 0.1) is 18.7 Å². The first kappa shape index (κ1) is 26.0. The molecule has 168 valence electrons. The Labute approximate surface area is 195 Å². The Bertz CT molecular complexity index is 708. The Morgan fingerprint density at radius 3 is 2.53 bits per heavy atom. The van der Waals surface area contributed by atoms with Crippen molar-refractivity contribution in [3.63, 3.8) is 0 Å². The number of hydrogen-bond acceptors (Lipinski definition) is 5. The molecule has 0 unspecified atom stereocenters. The molecule has 0 radical (unpaired) electrons. The van der Waals surface area contributed by atoms with Crippen molar-refractivity contribution in [2.24, 2.45) is 4.99 Å². The number of amides is 2. The van der Waals surface area contributed by atoms with Crippen molar-refractivity contribution in [2.75, 3.05) is 46.3 Å². The number of phenols is 1. The number of para-hydroxylation sites is 1. The van der Waals surface area contributed by atoms with Gasteiger partial charge in [-0.3, -0.25) is 19.5 Å². The third-order valence-corrected chi connectivity index (χ3v) is 4.73. The second kappa shape index (κ2) is 14.0. The smallest absolute Gasteiger partial charge is 0.255 e. The van der Waals surface area contributed by atoms with Gasteiger partial charge in [-0.25, -0.2) is 0 Å². The van der Waals surface area contributed by atoms with Gasteiger partial charge >= 0.3 is 0 Å². The van der Waals surface area contributed by atoms with Crippen molar-refractivity contribution in [3.8, 4) is 5.75 Å². The summed E-state index contributed by atoms with van der Waals surface area (Å²) in [4.78, 5) is 30.2. The minimum Gasteiger partial charge on any atom is -0.507 e. The summed E-state index contributed by atoms with van der Waals surface area (Å²) in [6.07, 6.45) is 1.87. The Morgan fingerprint density at radius 2 is 1.90 bits per heavy atom. The van der Waals surface area contributed by atoms with Crippen LogP contribution in [0.25, 0.3) is 0 Å². The van der Waals surface area contributed by atoms with E-state index in [9.17, 15) is 14.7 Å². The highest BCUT2D eigenvalue weighted by atomic mass is 127. The van der Waals surface area contributed by atoms with Crippen molar-refractivity contribution in [1.82, 2.24) is 26.2 Å². The maximum Gasteiger partial charge on any atom is 0.255 e. The zero-order chi connectivity index (χ0) is 21.1. The number of carbonyl (C=O) groups excluding carboxylic acids is 2. The second-order valence-corrected chi connectivity index (χ2v) is 6.90. The summed E-state index contributed by atoms with van der Waals surface area (Å²) < 4.78 is 0. The molecular weight excluding hydrogens is 499 g/mol. The Kier molecular flexibility index (Phi) is 12.1. The van der Waals surface area contributed by atoms with Crippen LogP contribution >= 0.6 is 24.0 Å². The monoisotopic (exact) mass is 532 g/mol. The van der Waals surface area contributed by atoms with Gasteiger partial charge in [0.2, 0.25) is 5.91 Å². The average molecular weight is 532 g/mol. The number of benzene rings is 1. The van der Waals surface area contributed by atoms with E-state index in [1.807, 2.05) is 6.92 Å². The Hall–Kier alpha value is -2.08. The molecule has 10 heteroatoms. The highest BCUT2D eigenvalue weighted by molar-refractivity contribution is 14.0. The van der Waals surface area contributed by atoms with Gasteiger partial charge in [0, 0.05) is 39.3 Å². The molecule has 2 amide bonds. The molecule has 1 aromatic carbocycles. The first-order chi connectivity index (χ1) is 14.0. The lowest BCUT2D eigenvalue weighted by atomic mass is 10.1. The molecule has 30 heavy (non-hydrogen) atoms. The minimum atomic E-state index is -0.320. The van der Waals surface area contributed by atoms with E-state index in [4.69, 9.17) is 0 Å². The Balaban J connectivity index is 0.00000450. The van der Waals surface area contributed by atoms with Crippen molar-refractivity contribution >= 4 is 41.8 Å². The number of likely N-dealkylation sites (tertiary alicyclic amines) is 1. The van der Waals surface area contributed by atoms with Gasteiger partial charge in [0.25, 0.3) is 5.91 Å². The molecule has 0 atom stereocenters. The number of hydrogen-bond donors (Lipinski definition) is 5. The summed E-state index contributed by atoms with van der Waals surface area (Å²) in [5.74, 6) is 0.400. The molecule has 0 saturated carbocycles. The maximum absolute atomic E-state index is 12.1. The molecule has 0 spiro atoms. The van der Waals surface area contributed by atoms with E-state index < -0.39 is 0 Å². The average Bonchev–Trinajstić information content (AvgIpc) is 2.72. The van der Waals surface area contributed by atoms with Crippen LogP contribution in [0.2, 0.25) is 0 Å². The molecule has 1 heterocycles. The summed E-state index contributed by atoms with van der Waals surface area (Å²) in [5.41, 5.74) is 0.255. The number of aromatic hydroxyl groups is 1. The van der Waals surface area contributed by atoms with Crippen LogP contribution in [0.3, 0.4) is 0 Å². The van der Waals surface area contributed by atoms with E-state index in [1.165, 1.54) is 6.07 Å². The summed E-state index contributed by atoms with van der Waals surface area (Å²) in [6.45, 7) is 5.70. The van der Waals surface area contributed by atoms with E-state index in [1.54, 1.807) is 25.2 Å². The highest BCUT2D eigenvalue weighted by Gasteiger charge is 2.21. The lowest BCUT2D eigenvalue weighted by Gasteiger charge is -2.32. The molecule has 1 saturated heterocycles. The third-order valence-electron chi connectivity index (χ3n) is 4.73. The molecule has 1 aliphatic rings. The quantitative estimate of drug-likeness (QED) is 0.144. The number of nitrogens with zero attached hydrogens (tertiary/aromatic N) is 2. The normalized spacial score (nSPS) is 15.1. The SMILES string of the molecule is CCNC(=NCCNC(=O)c1ccccc1O)NC1CCN(CC(=O)NC)CC1.I. The van der Waals surface area contributed by atoms with E-state index in [-0.39, 0.29) is 47.1 Å². The van der Waals surface area contributed by atoms with Crippen molar-refractivity contribution in [1.29, 1.82) is 0 Å². The van der Waals surface area contributed by atoms with Crippen LogP contribution in [0.15, 0.2) is 29.3 Å². The molecular formula is C20H33IN6O3. The molecule has 1 aliphatic heterocycles. The van der Waals surface area contributed by atoms with E-state index >= 15 is 0 Å². The molecule has 2 rings (SSSR count). The van der Waals surface area contributed by atoms with Crippen LogP contribution in [0, 0.1) is 0 Å².